The second-order valence-corrected chi connectivity index (χ2v) is 7.37. The van der Waals surface area contributed by atoms with Gasteiger partial charge in [0, 0.05) is 19.0 Å². The number of amides is 1. The summed E-state index contributed by atoms with van der Waals surface area (Å²) in [5.41, 5.74) is 0. The van der Waals surface area contributed by atoms with E-state index in [4.69, 9.17) is 0 Å². The Morgan fingerprint density at radius 2 is 2.00 bits per heavy atom. The van der Waals surface area contributed by atoms with Crippen LogP contribution in [0.1, 0.15) is 19.8 Å². The van der Waals surface area contributed by atoms with Crippen LogP contribution in [0, 0.1) is 5.92 Å². The molecule has 1 amide bonds. The molecule has 2 unspecified atom stereocenters. The van der Waals surface area contributed by atoms with Crippen molar-refractivity contribution >= 4 is 28.3 Å². The third kappa shape index (κ3) is 6.10. The molecule has 8 heteroatoms. The van der Waals surface area contributed by atoms with E-state index in [1.807, 2.05) is 0 Å². The monoisotopic (exact) mass is 361 g/mol. The Labute approximate surface area is 143 Å². The van der Waals surface area contributed by atoms with Crippen molar-refractivity contribution in [3.8, 4) is 0 Å². The molecule has 0 spiro atoms. The van der Waals surface area contributed by atoms with Crippen LogP contribution in [0.15, 0.2) is 35.2 Å². The zero-order chi connectivity index (χ0) is 16.0. The summed E-state index contributed by atoms with van der Waals surface area (Å²) in [6.07, 6.45) is 1.05. The summed E-state index contributed by atoms with van der Waals surface area (Å²) in [5, 5.41) is 6.26. The fraction of sp³-hybridized carbons (Fsp3) is 0.533. The Hall–Kier alpha value is -1.15. The van der Waals surface area contributed by atoms with Crippen molar-refractivity contribution in [2.75, 3.05) is 19.6 Å². The molecule has 0 aromatic heterocycles. The first-order valence-corrected chi connectivity index (χ1v) is 9.02. The number of carbonyl (C=O) groups excluding carboxylic acids is 1. The molecule has 3 N–H and O–H groups in total. The fourth-order valence-electron chi connectivity index (χ4n) is 2.49. The lowest BCUT2D eigenvalue weighted by molar-refractivity contribution is -0.122. The van der Waals surface area contributed by atoms with Crippen LogP contribution < -0.4 is 15.4 Å². The number of benzene rings is 1. The smallest absolute Gasteiger partial charge is 0.240 e. The lowest BCUT2D eigenvalue weighted by Crippen LogP contribution is -2.48. The summed E-state index contributed by atoms with van der Waals surface area (Å²) in [6, 6.07) is 8.31. The first kappa shape index (κ1) is 19.9. The average Bonchev–Trinajstić information content (AvgIpc) is 2.50. The van der Waals surface area contributed by atoms with E-state index in [0.29, 0.717) is 5.92 Å². The molecule has 0 saturated carbocycles. The number of carbonyl (C=O) groups is 1. The average molecular weight is 362 g/mol. The van der Waals surface area contributed by atoms with Crippen molar-refractivity contribution in [2.45, 2.75) is 30.7 Å². The van der Waals surface area contributed by atoms with Crippen LogP contribution in [-0.2, 0) is 14.8 Å². The van der Waals surface area contributed by atoms with Crippen LogP contribution in [0.5, 0.6) is 0 Å². The van der Waals surface area contributed by atoms with Crippen molar-refractivity contribution in [2.24, 2.45) is 5.92 Å². The van der Waals surface area contributed by atoms with Crippen molar-refractivity contribution in [1.82, 2.24) is 15.4 Å². The van der Waals surface area contributed by atoms with Crippen molar-refractivity contribution in [3.63, 3.8) is 0 Å². The minimum absolute atomic E-state index is 0. The highest BCUT2D eigenvalue weighted by molar-refractivity contribution is 7.89. The molecule has 6 nitrogen and oxygen atoms in total. The zero-order valence-electron chi connectivity index (χ0n) is 13.1. The number of hydrogen-bond acceptors (Lipinski definition) is 4. The molecule has 1 aromatic carbocycles. The minimum atomic E-state index is -3.54. The van der Waals surface area contributed by atoms with Crippen LogP contribution in [0.4, 0.5) is 0 Å². The van der Waals surface area contributed by atoms with Gasteiger partial charge in [0.25, 0.3) is 0 Å². The normalized spacial score (nSPS) is 21.3. The van der Waals surface area contributed by atoms with Gasteiger partial charge in [-0.1, -0.05) is 25.1 Å². The van der Waals surface area contributed by atoms with Gasteiger partial charge in [-0.05, 0) is 37.6 Å². The van der Waals surface area contributed by atoms with E-state index >= 15 is 0 Å². The number of halogens is 1. The Balaban J connectivity index is 0.00000264. The van der Waals surface area contributed by atoms with E-state index < -0.39 is 10.0 Å². The van der Waals surface area contributed by atoms with Gasteiger partial charge in [-0.2, -0.15) is 0 Å². The standard InChI is InChI=1S/C15H23N3O3S.ClH/c1-12-11-16-9-7-14(12)18-15(19)8-10-17-22(20,21)13-5-3-2-4-6-13;/h2-6,12,14,16-17H,7-11H2,1H3,(H,18,19);1H. The molecule has 1 aromatic rings. The van der Waals surface area contributed by atoms with E-state index in [0.717, 1.165) is 19.5 Å². The van der Waals surface area contributed by atoms with Gasteiger partial charge in [0.2, 0.25) is 15.9 Å². The molecule has 2 atom stereocenters. The van der Waals surface area contributed by atoms with Gasteiger partial charge in [0.15, 0.2) is 0 Å². The SMILES string of the molecule is CC1CNCCC1NC(=O)CCNS(=O)(=O)c1ccccc1.Cl. The lowest BCUT2D eigenvalue weighted by atomic mass is 9.95. The van der Waals surface area contributed by atoms with Gasteiger partial charge in [0.1, 0.15) is 0 Å². The predicted molar refractivity (Wildman–Crippen MR) is 92.1 cm³/mol. The van der Waals surface area contributed by atoms with Crippen LogP contribution >= 0.6 is 12.4 Å². The summed E-state index contributed by atoms with van der Waals surface area (Å²) in [5.74, 6) is 0.272. The molecule has 0 bridgehead atoms. The minimum Gasteiger partial charge on any atom is -0.353 e. The van der Waals surface area contributed by atoms with Gasteiger partial charge in [0.05, 0.1) is 4.90 Å². The Bertz CT molecular complexity index is 595. The molecule has 0 aliphatic carbocycles. The van der Waals surface area contributed by atoms with E-state index in [9.17, 15) is 13.2 Å². The Morgan fingerprint density at radius 3 is 2.65 bits per heavy atom. The summed E-state index contributed by atoms with van der Waals surface area (Å²) in [4.78, 5) is 12.1. The zero-order valence-corrected chi connectivity index (χ0v) is 14.8. The summed E-state index contributed by atoms with van der Waals surface area (Å²) in [7, 11) is -3.54. The van der Waals surface area contributed by atoms with E-state index in [1.165, 1.54) is 12.1 Å². The van der Waals surface area contributed by atoms with Crippen molar-refractivity contribution < 1.29 is 13.2 Å². The van der Waals surface area contributed by atoms with Crippen LogP contribution in [0.2, 0.25) is 0 Å². The maximum atomic E-state index is 12.0. The molecule has 1 fully saturated rings. The van der Waals surface area contributed by atoms with Gasteiger partial charge in [-0.15, -0.1) is 12.4 Å². The van der Waals surface area contributed by atoms with Gasteiger partial charge >= 0.3 is 0 Å². The quantitative estimate of drug-likeness (QED) is 0.702. The van der Waals surface area contributed by atoms with Crippen LogP contribution in [0.25, 0.3) is 0 Å². The number of rotatable bonds is 6. The molecular formula is C15H24ClN3O3S. The van der Waals surface area contributed by atoms with Gasteiger partial charge in [-0.25, -0.2) is 13.1 Å². The molecule has 130 valence electrons. The highest BCUT2D eigenvalue weighted by Crippen LogP contribution is 2.10. The predicted octanol–water partition coefficient (Wildman–Crippen LogP) is 0.891. The van der Waals surface area contributed by atoms with E-state index in [-0.39, 0.29) is 42.2 Å². The topological polar surface area (TPSA) is 87.3 Å². The number of sulfonamides is 1. The highest BCUT2D eigenvalue weighted by atomic mass is 35.5. The second-order valence-electron chi connectivity index (χ2n) is 5.60. The largest absolute Gasteiger partial charge is 0.353 e. The molecule has 0 radical (unpaired) electrons. The maximum absolute atomic E-state index is 12.0. The highest BCUT2D eigenvalue weighted by Gasteiger charge is 2.22. The Morgan fingerprint density at radius 1 is 1.30 bits per heavy atom. The Kier molecular flexibility index (Phi) is 7.98. The summed E-state index contributed by atoms with van der Waals surface area (Å²) >= 11 is 0. The summed E-state index contributed by atoms with van der Waals surface area (Å²) in [6.45, 7) is 3.99. The third-order valence-electron chi connectivity index (χ3n) is 3.83. The molecule has 1 aliphatic rings. The number of piperidine rings is 1. The van der Waals surface area contributed by atoms with Crippen molar-refractivity contribution in [3.05, 3.63) is 30.3 Å². The summed E-state index contributed by atoms with van der Waals surface area (Å²) < 4.78 is 26.5. The van der Waals surface area contributed by atoms with Crippen LogP contribution in [0.3, 0.4) is 0 Å². The number of hydrogen-bond donors (Lipinski definition) is 3. The van der Waals surface area contributed by atoms with Crippen LogP contribution in [-0.4, -0.2) is 40.0 Å². The molecule has 23 heavy (non-hydrogen) atoms. The molecule has 1 aliphatic heterocycles. The molecular weight excluding hydrogens is 338 g/mol. The molecule has 1 saturated heterocycles. The second kappa shape index (κ2) is 9.22. The number of nitrogens with one attached hydrogen (secondary N) is 3. The first-order chi connectivity index (χ1) is 10.5. The van der Waals surface area contributed by atoms with Gasteiger partial charge in [-0.3, -0.25) is 4.79 Å². The van der Waals surface area contributed by atoms with E-state index in [2.05, 4.69) is 22.3 Å². The van der Waals surface area contributed by atoms with E-state index in [1.54, 1.807) is 18.2 Å². The fourth-order valence-corrected chi connectivity index (χ4v) is 3.54. The van der Waals surface area contributed by atoms with Gasteiger partial charge < -0.3 is 10.6 Å². The molecule has 2 rings (SSSR count). The third-order valence-corrected chi connectivity index (χ3v) is 5.31. The maximum Gasteiger partial charge on any atom is 0.240 e. The van der Waals surface area contributed by atoms with Crippen molar-refractivity contribution in [1.29, 1.82) is 0 Å². The molecule has 1 heterocycles. The first-order valence-electron chi connectivity index (χ1n) is 7.54. The lowest BCUT2D eigenvalue weighted by Gasteiger charge is -2.30.